The van der Waals surface area contributed by atoms with Crippen LogP contribution in [-0.2, 0) is 5.75 Å². The highest BCUT2D eigenvalue weighted by Crippen LogP contribution is 2.22. The van der Waals surface area contributed by atoms with E-state index in [0.717, 1.165) is 5.56 Å². The molecule has 1 aromatic rings. The van der Waals surface area contributed by atoms with E-state index in [1.54, 1.807) is 6.07 Å². The van der Waals surface area contributed by atoms with Crippen LogP contribution in [0.4, 0.5) is 4.39 Å². The fraction of sp³-hybridized carbons (Fsp3) is 0.400. The van der Waals surface area contributed by atoms with Crippen LogP contribution >= 0.6 is 12.6 Å². The highest BCUT2D eigenvalue weighted by atomic mass is 32.1. The largest absolute Gasteiger partial charge is 0.491 e. The Morgan fingerprint density at radius 3 is 2.69 bits per heavy atom. The molecule has 0 atom stereocenters. The predicted octanol–water partition coefficient (Wildman–Crippen LogP) is 3.04. The van der Waals surface area contributed by atoms with Gasteiger partial charge in [0.1, 0.15) is 11.6 Å². The molecule has 0 heterocycles. The first kappa shape index (κ1) is 10.4. The van der Waals surface area contributed by atoms with Crippen molar-refractivity contribution in [2.75, 3.05) is 0 Å². The fourth-order valence-electron chi connectivity index (χ4n) is 1.04. The topological polar surface area (TPSA) is 9.23 Å². The first-order valence-electron chi connectivity index (χ1n) is 4.19. The van der Waals surface area contributed by atoms with Gasteiger partial charge < -0.3 is 4.74 Å². The highest BCUT2D eigenvalue weighted by molar-refractivity contribution is 7.79. The molecule has 72 valence electrons. The number of hydrogen-bond acceptors (Lipinski definition) is 2. The molecule has 13 heavy (non-hydrogen) atoms. The van der Waals surface area contributed by atoms with Gasteiger partial charge in [0.15, 0.2) is 0 Å². The third kappa shape index (κ3) is 2.92. The zero-order valence-electron chi connectivity index (χ0n) is 7.75. The summed E-state index contributed by atoms with van der Waals surface area (Å²) in [5, 5.41) is 0. The van der Waals surface area contributed by atoms with Gasteiger partial charge in [-0.15, -0.1) is 0 Å². The van der Waals surface area contributed by atoms with E-state index in [2.05, 4.69) is 12.6 Å². The lowest BCUT2D eigenvalue weighted by Crippen LogP contribution is -2.07. The molecule has 0 aliphatic heterocycles. The Kier molecular flexibility index (Phi) is 3.60. The summed E-state index contributed by atoms with van der Waals surface area (Å²) in [4.78, 5) is 0. The summed E-state index contributed by atoms with van der Waals surface area (Å²) >= 11 is 4.10. The Hall–Kier alpha value is -0.700. The van der Waals surface area contributed by atoms with E-state index in [0.29, 0.717) is 11.5 Å². The normalized spacial score (nSPS) is 10.5. The summed E-state index contributed by atoms with van der Waals surface area (Å²) in [5.74, 6) is 0.950. The van der Waals surface area contributed by atoms with Crippen molar-refractivity contribution in [3.05, 3.63) is 29.6 Å². The molecule has 0 amide bonds. The van der Waals surface area contributed by atoms with E-state index in [9.17, 15) is 4.39 Å². The quantitative estimate of drug-likeness (QED) is 0.738. The van der Waals surface area contributed by atoms with Crippen LogP contribution in [0, 0.1) is 5.82 Å². The van der Waals surface area contributed by atoms with Crippen LogP contribution < -0.4 is 4.74 Å². The van der Waals surface area contributed by atoms with Gasteiger partial charge in [0, 0.05) is 11.3 Å². The molecule has 0 aromatic heterocycles. The van der Waals surface area contributed by atoms with Gasteiger partial charge in [-0.1, -0.05) is 0 Å². The molecule has 0 saturated carbocycles. The molecule has 1 aromatic carbocycles. The van der Waals surface area contributed by atoms with Crippen molar-refractivity contribution >= 4 is 12.6 Å². The van der Waals surface area contributed by atoms with Gasteiger partial charge in [0.2, 0.25) is 0 Å². The lowest BCUT2D eigenvalue weighted by Gasteiger charge is -2.12. The molecule has 1 nitrogen and oxygen atoms in total. The monoisotopic (exact) mass is 200 g/mol. The highest BCUT2D eigenvalue weighted by Gasteiger charge is 2.05. The molecule has 1 rings (SSSR count). The molecule has 3 heteroatoms. The Labute approximate surface area is 83.3 Å². The summed E-state index contributed by atoms with van der Waals surface area (Å²) in [6, 6.07) is 4.48. The minimum Gasteiger partial charge on any atom is -0.491 e. The minimum atomic E-state index is -0.250. The van der Waals surface area contributed by atoms with Crippen LogP contribution in [0.15, 0.2) is 18.2 Å². The number of hydrogen-bond donors (Lipinski definition) is 1. The van der Waals surface area contributed by atoms with Gasteiger partial charge in [0.05, 0.1) is 6.10 Å². The Morgan fingerprint density at radius 1 is 1.46 bits per heavy atom. The molecule has 0 spiro atoms. The first-order valence-corrected chi connectivity index (χ1v) is 4.82. The maximum Gasteiger partial charge on any atom is 0.123 e. The molecule has 0 fully saturated rings. The lowest BCUT2D eigenvalue weighted by atomic mass is 10.2. The van der Waals surface area contributed by atoms with Crippen LogP contribution in [-0.4, -0.2) is 6.10 Å². The van der Waals surface area contributed by atoms with E-state index in [1.807, 2.05) is 13.8 Å². The maximum atomic E-state index is 12.8. The zero-order chi connectivity index (χ0) is 9.84. The van der Waals surface area contributed by atoms with Crippen LogP contribution in [0.3, 0.4) is 0 Å². The molecular formula is C10H13FOS. The van der Waals surface area contributed by atoms with Crippen molar-refractivity contribution in [2.45, 2.75) is 25.7 Å². The maximum absolute atomic E-state index is 12.8. The molecule has 0 unspecified atom stereocenters. The molecule has 0 saturated heterocycles. The van der Waals surface area contributed by atoms with Crippen molar-refractivity contribution in [3.63, 3.8) is 0 Å². The summed E-state index contributed by atoms with van der Waals surface area (Å²) in [6.45, 7) is 3.87. The minimum absolute atomic E-state index is 0.101. The second-order valence-corrected chi connectivity index (χ2v) is 3.39. The van der Waals surface area contributed by atoms with E-state index in [-0.39, 0.29) is 11.9 Å². The van der Waals surface area contributed by atoms with E-state index >= 15 is 0 Å². The molecule has 0 N–H and O–H groups in total. The van der Waals surface area contributed by atoms with E-state index in [4.69, 9.17) is 4.74 Å². The number of rotatable bonds is 3. The molecule has 0 aliphatic carbocycles. The van der Waals surface area contributed by atoms with Crippen molar-refractivity contribution in [1.82, 2.24) is 0 Å². The van der Waals surface area contributed by atoms with Crippen LogP contribution in [0.2, 0.25) is 0 Å². The zero-order valence-corrected chi connectivity index (χ0v) is 8.64. The first-order chi connectivity index (χ1) is 6.13. The second kappa shape index (κ2) is 4.51. The van der Waals surface area contributed by atoms with E-state index < -0.39 is 0 Å². The summed E-state index contributed by atoms with van der Waals surface area (Å²) in [5.41, 5.74) is 0.789. The summed E-state index contributed by atoms with van der Waals surface area (Å²) < 4.78 is 18.3. The van der Waals surface area contributed by atoms with Crippen molar-refractivity contribution in [3.8, 4) is 5.75 Å². The second-order valence-electron chi connectivity index (χ2n) is 3.08. The van der Waals surface area contributed by atoms with Gasteiger partial charge in [-0.25, -0.2) is 4.39 Å². The van der Waals surface area contributed by atoms with Crippen molar-refractivity contribution in [2.24, 2.45) is 0 Å². The molecule has 0 radical (unpaired) electrons. The molecule has 0 bridgehead atoms. The lowest BCUT2D eigenvalue weighted by molar-refractivity contribution is 0.240. The third-order valence-corrected chi connectivity index (χ3v) is 1.90. The SMILES string of the molecule is CC(C)Oc1ccc(F)cc1CS. The van der Waals surface area contributed by atoms with Gasteiger partial charge in [0.25, 0.3) is 0 Å². The summed E-state index contributed by atoms with van der Waals surface area (Å²) in [6.07, 6.45) is 0.101. The van der Waals surface area contributed by atoms with Crippen molar-refractivity contribution in [1.29, 1.82) is 0 Å². The third-order valence-electron chi connectivity index (χ3n) is 1.56. The van der Waals surface area contributed by atoms with Gasteiger partial charge >= 0.3 is 0 Å². The number of thiol groups is 1. The Balaban J connectivity index is 2.92. The smallest absolute Gasteiger partial charge is 0.123 e. The van der Waals surface area contributed by atoms with Crippen molar-refractivity contribution < 1.29 is 9.13 Å². The summed E-state index contributed by atoms with van der Waals surface area (Å²) in [7, 11) is 0. The Morgan fingerprint density at radius 2 is 2.15 bits per heavy atom. The molecular weight excluding hydrogens is 187 g/mol. The molecule has 0 aliphatic rings. The van der Waals surface area contributed by atoms with Crippen LogP contribution in [0.1, 0.15) is 19.4 Å². The van der Waals surface area contributed by atoms with Gasteiger partial charge in [-0.05, 0) is 32.0 Å². The van der Waals surface area contributed by atoms with Gasteiger partial charge in [-0.3, -0.25) is 0 Å². The average molecular weight is 200 g/mol. The van der Waals surface area contributed by atoms with Crippen LogP contribution in [0.5, 0.6) is 5.75 Å². The van der Waals surface area contributed by atoms with Gasteiger partial charge in [-0.2, -0.15) is 12.6 Å². The number of benzene rings is 1. The fourth-order valence-corrected chi connectivity index (χ4v) is 1.29. The number of ether oxygens (including phenoxy) is 1. The predicted molar refractivity (Wildman–Crippen MR) is 54.9 cm³/mol. The van der Waals surface area contributed by atoms with E-state index in [1.165, 1.54) is 12.1 Å². The number of halogens is 1. The Bertz CT molecular complexity index is 286. The average Bonchev–Trinajstić information content (AvgIpc) is 2.07. The van der Waals surface area contributed by atoms with Crippen LogP contribution in [0.25, 0.3) is 0 Å². The standard InChI is InChI=1S/C10H13FOS/c1-7(2)12-10-4-3-9(11)5-8(10)6-13/h3-5,7,13H,6H2,1-2H3.